The lowest BCUT2D eigenvalue weighted by atomic mass is 9.73. The summed E-state index contributed by atoms with van der Waals surface area (Å²) in [4.78, 5) is 0. The highest BCUT2D eigenvalue weighted by Crippen LogP contribution is 2.38. The molecular weight excluding hydrogens is 224 g/mol. The Morgan fingerprint density at radius 3 is 2.75 bits per heavy atom. The largest absolute Gasteiger partial charge is 0.389 e. The minimum absolute atomic E-state index is 0.220. The normalized spacial score (nSPS) is 28.8. The van der Waals surface area contributed by atoms with Crippen LogP contribution in [0.5, 0.6) is 0 Å². The van der Waals surface area contributed by atoms with Crippen LogP contribution in [0.4, 0.5) is 0 Å². The fourth-order valence-electron chi connectivity index (χ4n) is 2.28. The van der Waals surface area contributed by atoms with Crippen molar-refractivity contribution < 1.29 is 9.84 Å². The SMILES string of the molecule is CCOC1CC(O)(Cc2ccccc2Cl)C1. The van der Waals surface area contributed by atoms with Gasteiger partial charge in [-0.1, -0.05) is 29.8 Å². The van der Waals surface area contributed by atoms with Gasteiger partial charge in [-0.25, -0.2) is 0 Å². The molecule has 1 aliphatic rings. The maximum absolute atomic E-state index is 10.2. The molecule has 1 aliphatic carbocycles. The topological polar surface area (TPSA) is 29.5 Å². The molecule has 0 radical (unpaired) electrons. The van der Waals surface area contributed by atoms with Crippen LogP contribution in [-0.2, 0) is 11.2 Å². The van der Waals surface area contributed by atoms with Gasteiger partial charge in [0.2, 0.25) is 0 Å². The Bertz CT molecular complexity index is 359. The summed E-state index contributed by atoms with van der Waals surface area (Å²) in [5.74, 6) is 0. The van der Waals surface area contributed by atoms with E-state index >= 15 is 0 Å². The second-order valence-electron chi connectivity index (χ2n) is 4.48. The Hall–Kier alpha value is -0.570. The molecule has 88 valence electrons. The Labute approximate surface area is 101 Å². The van der Waals surface area contributed by atoms with Gasteiger partial charge in [0.05, 0.1) is 11.7 Å². The predicted octanol–water partition coefficient (Wildman–Crippen LogP) is 2.81. The zero-order valence-corrected chi connectivity index (χ0v) is 10.2. The van der Waals surface area contributed by atoms with Crippen molar-refractivity contribution in [2.24, 2.45) is 0 Å². The first-order valence-electron chi connectivity index (χ1n) is 5.70. The standard InChI is InChI=1S/C13H17ClO2/c1-2-16-11-8-13(15,9-11)7-10-5-3-4-6-12(10)14/h3-6,11,15H,2,7-9H2,1H3. The van der Waals surface area contributed by atoms with Crippen molar-refractivity contribution in [2.75, 3.05) is 6.61 Å². The summed E-state index contributed by atoms with van der Waals surface area (Å²) in [5.41, 5.74) is 0.395. The summed E-state index contributed by atoms with van der Waals surface area (Å²) in [5, 5.41) is 11.0. The molecule has 1 fully saturated rings. The van der Waals surface area contributed by atoms with Crippen LogP contribution in [0.25, 0.3) is 0 Å². The molecule has 0 unspecified atom stereocenters. The van der Waals surface area contributed by atoms with Gasteiger partial charge in [0.1, 0.15) is 0 Å². The van der Waals surface area contributed by atoms with E-state index in [-0.39, 0.29) is 6.10 Å². The number of hydrogen-bond donors (Lipinski definition) is 1. The van der Waals surface area contributed by atoms with Gasteiger partial charge in [0, 0.05) is 30.9 Å². The molecule has 1 saturated carbocycles. The van der Waals surface area contributed by atoms with Crippen LogP contribution in [0, 0.1) is 0 Å². The molecule has 1 N–H and O–H groups in total. The van der Waals surface area contributed by atoms with E-state index in [0.717, 1.165) is 10.6 Å². The van der Waals surface area contributed by atoms with Crippen molar-refractivity contribution in [3.05, 3.63) is 34.9 Å². The third-order valence-corrected chi connectivity index (χ3v) is 3.46. The molecule has 0 heterocycles. The van der Waals surface area contributed by atoms with Crippen LogP contribution in [0.3, 0.4) is 0 Å². The number of aliphatic hydroxyl groups is 1. The van der Waals surface area contributed by atoms with Gasteiger partial charge >= 0.3 is 0 Å². The maximum Gasteiger partial charge on any atom is 0.0737 e. The summed E-state index contributed by atoms with van der Waals surface area (Å²) < 4.78 is 5.45. The number of benzene rings is 1. The quantitative estimate of drug-likeness (QED) is 0.877. The van der Waals surface area contributed by atoms with Crippen LogP contribution in [0.2, 0.25) is 5.02 Å². The Morgan fingerprint density at radius 2 is 2.12 bits per heavy atom. The van der Waals surface area contributed by atoms with E-state index in [1.54, 1.807) is 0 Å². The van der Waals surface area contributed by atoms with Gasteiger partial charge in [-0.05, 0) is 18.6 Å². The zero-order valence-electron chi connectivity index (χ0n) is 9.45. The monoisotopic (exact) mass is 240 g/mol. The molecule has 1 aromatic carbocycles. The van der Waals surface area contributed by atoms with Crippen molar-refractivity contribution in [1.82, 2.24) is 0 Å². The highest BCUT2D eigenvalue weighted by Gasteiger charge is 2.43. The average molecular weight is 241 g/mol. The van der Waals surface area contributed by atoms with E-state index in [9.17, 15) is 5.11 Å². The van der Waals surface area contributed by atoms with Crippen LogP contribution >= 0.6 is 11.6 Å². The maximum atomic E-state index is 10.2. The van der Waals surface area contributed by atoms with Crippen molar-refractivity contribution in [2.45, 2.75) is 37.9 Å². The minimum Gasteiger partial charge on any atom is -0.389 e. The summed E-state index contributed by atoms with van der Waals surface area (Å²) >= 11 is 6.07. The highest BCUT2D eigenvalue weighted by atomic mass is 35.5. The molecule has 0 amide bonds. The fourth-order valence-corrected chi connectivity index (χ4v) is 2.48. The van der Waals surface area contributed by atoms with Crippen molar-refractivity contribution in [3.63, 3.8) is 0 Å². The molecule has 1 aromatic rings. The van der Waals surface area contributed by atoms with Crippen molar-refractivity contribution in [1.29, 1.82) is 0 Å². The first kappa shape index (κ1) is 11.9. The highest BCUT2D eigenvalue weighted by molar-refractivity contribution is 6.31. The summed E-state index contributed by atoms with van der Waals surface area (Å²) in [7, 11) is 0. The molecule has 0 saturated heterocycles. The molecular formula is C13H17ClO2. The molecule has 0 aliphatic heterocycles. The molecule has 16 heavy (non-hydrogen) atoms. The Kier molecular flexibility index (Phi) is 3.53. The van der Waals surface area contributed by atoms with Gasteiger partial charge in [-0.15, -0.1) is 0 Å². The van der Waals surface area contributed by atoms with Gasteiger partial charge in [0.25, 0.3) is 0 Å². The van der Waals surface area contributed by atoms with E-state index < -0.39 is 5.60 Å². The molecule has 0 spiro atoms. The van der Waals surface area contributed by atoms with Crippen LogP contribution < -0.4 is 0 Å². The molecule has 3 heteroatoms. The van der Waals surface area contributed by atoms with Gasteiger partial charge in [0.15, 0.2) is 0 Å². The van der Waals surface area contributed by atoms with E-state index in [2.05, 4.69) is 0 Å². The molecule has 0 bridgehead atoms. The van der Waals surface area contributed by atoms with Crippen LogP contribution in [0.15, 0.2) is 24.3 Å². The first-order valence-corrected chi connectivity index (χ1v) is 6.08. The van der Waals surface area contributed by atoms with Gasteiger partial charge in [-0.3, -0.25) is 0 Å². The molecule has 0 aromatic heterocycles. The second-order valence-corrected chi connectivity index (χ2v) is 4.89. The number of rotatable bonds is 4. The molecule has 2 rings (SSSR count). The molecule has 2 nitrogen and oxygen atoms in total. The average Bonchev–Trinajstić information content (AvgIpc) is 2.20. The predicted molar refractivity (Wildman–Crippen MR) is 64.8 cm³/mol. The summed E-state index contributed by atoms with van der Waals surface area (Å²) in [6.45, 7) is 2.69. The number of ether oxygens (including phenoxy) is 1. The summed E-state index contributed by atoms with van der Waals surface area (Å²) in [6.07, 6.45) is 2.27. The molecule has 0 atom stereocenters. The van der Waals surface area contributed by atoms with E-state index in [4.69, 9.17) is 16.3 Å². The zero-order chi connectivity index (χ0) is 11.6. The van der Waals surface area contributed by atoms with Crippen molar-refractivity contribution >= 4 is 11.6 Å². The number of hydrogen-bond acceptors (Lipinski definition) is 2. The Balaban J connectivity index is 1.94. The minimum atomic E-state index is -0.620. The lowest BCUT2D eigenvalue weighted by molar-refractivity contribution is -0.136. The first-order chi connectivity index (χ1) is 7.63. The smallest absolute Gasteiger partial charge is 0.0737 e. The third kappa shape index (κ3) is 2.57. The van der Waals surface area contributed by atoms with Gasteiger partial charge < -0.3 is 9.84 Å². The van der Waals surface area contributed by atoms with Crippen molar-refractivity contribution in [3.8, 4) is 0 Å². The van der Waals surface area contributed by atoms with Gasteiger partial charge in [-0.2, -0.15) is 0 Å². The van der Waals surface area contributed by atoms with E-state index in [0.29, 0.717) is 25.9 Å². The Morgan fingerprint density at radius 1 is 1.44 bits per heavy atom. The van der Waals surface area contributed by atoms with Crippen LogP contribution in [-0.4, -0.2) is 23.4 Å². The fraction of sp³-hybridized carbons (Fsp3) is 0.538. The number of halogens is 1. The van der Waals surface area contributed by atoms with E-state index in [1.807, 2.05) is 31.2 Å². The van der Waals surface area contributed by atoms with Crippen LogP contribution in [0.1, 0.15) is 25.3 Å². The second kappa shape index (κ2) is 4.74. The lowest BCUT2D eigenvalue weighted by Crippen LogP contribution is -2.49. The lowest BCUT2D eigenvalue weighted by Gasteiger charge is -2.43. The third-order valence-electron chi connectivity index (χ3n) is 3.09. The summed E-state index contributed by atoms with van der Waals surface area (Å²) in [6, 6.07) is 7.68. The van der Waals surface area contributed by atoms with E-state index in [1.165, 1.54) is 0 Å².